The van der Waals surface area contributed by atoms with Gasteiger partial charge in [0.15, 0.2) is 0 Å². The largest absolute Gasteiger partial charge is 0.378 e. The Morgan fingerprint density at radius 2 is 2.38 bits per heavy atom. The number of nitrogens with one attached hydrogen (secondary N) is 1. The van der Waals surface area contributed by atoms with Crippen LogP contribution in [0.25, 0.3) is 0 Å². The quantitative estimate of drug-likeness (QED) is 0.824. The number of methoxy groups -OCH3 is 1. The summed E-state index contributed by atoms with van der Waals surface area (Å²) in [4.78, 5) is 15.8. The highest BCUT2D eigenvalue weighted by atomic mass is 32.1. The van der Waals surface area contributed by atoms with E-state index in [4.69, 9.17) is 4.74 Å². The highest BCUT2D eigenvalue weighted by Gasteiger charge is 2.07. The van der Waals surface area contributed by atoms with Gasteiger partial charge in [-0.2, -0.15) is 0 Å². The number of carbonyl (C=O) groups excluding carboxylic acids is 1. The van der Waals surface area contributed by atoms with Crippen LogP contribution in [0.4, 0.5) is 0 Å². The Morgan fingerprint density at radius 3 is 3.00 bits per heavy atom. The number of carbonyl (C=O) groups is 1. The van der Waals surface area contributed by atoms with Gasteiger partial charge >= 0.3 is 0 Å². The molecule has 1 amide bonds. The van der Waals surface area contributed by atoms with Crippen LogP contribution < -0.4 is 5.32 Å². The number of thiazole rings is 1. The van der Waals surface area contributed by atoms with Crippen LogP contribution in [0, 0.1) is 5.92 Å². The zero-order chi connectivity index (χ0) is 12.0. The van der Waals surface area contributed by atoms with Gasteiger partial charge in [0.1, 0.15) is 5.01 Å². The molecule has 0 saturated carbocycles. The molecule has 1 N–H and O–H groups in total. The van der Waals surface area contributed by atoms with Gasteiger partial charge in [-0.05, 0) is 5.92 Å². The molecule has 0 atom stereocenters. The fraction of sp³-hybridized carbons (Fsp3) is 0.636. The van der Waals surface area contributed by atoms with E-state index in [0.29, 0.717) is 25.5 Å². The van der Waals surface area contributed by atoms with Crippen LogP contribution >= 0.6 is 11.3 Å². The lowest BCUT2D eigenvalue weighted by molar-refractivity contribution is -0.120. The van der Waals surface area contributed by atoms with Crippen molar-refractivity contribution in [2.45, 2.75) is 26.9 Å². The molecule has 1 aromatic rings. The predicted molar refractivity (Wildman–Crippen MR) is 64.4 cm³/mol. The first-order valence-electron chi connectivity index (χ1n) is 5.30. The first kappa shape index (κ1) is 13.1. The Morgan fingerprint density at radius 1 is 1.62 bits per heavy atom. The highest BCUT2D eigenvalue weighted by molar-refractivity contribution is 7.09. The molecule has 0 aliphatic rings. The van der Waals surface area contributed by atoms with E-state index in [1.807, 2.05) is 5.38 Å². The normalized spacial score (nSPS) is 10.8. The molecule has 0 fully saturated rings. The number of hydrogen-bond acceptors (Lipinski definition) is 4. The van der Waals surface area contributed by atoms with Gasteiger partial charge in [-0.25, -0.2) is 4.98 Å². The molecule has 4 nitrogen and oxygen atoms in total. The van der Waals surface area contributed by atoms with Crippen molar-refractivity contribution < 1.29 is 9.53 Å². The molecule has 1 rings (SSSR count). The molecule has 0 spiro atoms. The van der Waals surface area contributed by atoms with Crippen LogP contribution in [-0.2, 0) is 22.6 Å². The van der Waals surface area contributed by atoms with E-state index in [1.54, 1.807) is 7.11 Å². The molecule has 0 aliphatic carbocycles. The summed E-state index contributed by atoms with van der Waals surface area (Å²) in [5, 5.41) is 5.68. The van der Waals surface area contributed by atoms with Crippen LogP contribution in [0.3, 0.4) is 0 Å². The third-order valence-electron chi connectivity index (χ3n) is 1.92. The van der Waals surface area contributed by atoms with E-state index in [2.05, 4.69) is 24.1 Å². The van der Waals surface area contributed by atoms with Crippen molar-refractivity contribution >= 4 is 17.2 Å². The summed E-state index contributed by atoms with van der Waals surface area (Å²) in [6.07, 6.45) is 0.354. The zero-order valence-corrected chi connectivity index (χ0v) is 10.8. The van der Waals surface area contributed by atoms with Gasteiger partial charge in [-0.15, -0.1) is 11.3 Å². The van der Waals surface area contributed by atoms with Crippen molar-refractivity contribution in [1.29, 1.82) is 0 Å². The van der Waals surface area contributed by atoms with Crippen molar-refractivity contribution in [1.82, 2.24) is 10.3 Å². The first-order valence-corrected chi connectivity index (χ1v) is 6.18. The van der Waals surface area contributed by atoms with Gasteiger partial charge in [-0.1, -0.05) is 13.8 Å². The van der Waals surface area contributed by atoms with Crippen molar-refractivity contribution in [2.24, 2.45) is 5.92 Å². The monoisotopic (exact) mass is 242 g/mol. The summed E-state index contributed by atoms with van der Waals surface area (Å²) >= 11 is 1.52. The van der Waals surface area contributed by atoms with E-state index < -0.39 is 0 Å². The molecule has 0 aliphatic heterocycles. The van der Waals surface area contributed by atoms with Crippen molar-refractivity contribution in [2.75, 3.05) is 13.7 Å². The van der Waals surface area contributed by atoms with Crippen LogP contribution in [0.1, 0.15) is 24.5 Å². The summed E-state index contributed by atoms with van der Waals surface area (Å²) in [5.41, 5.74) is 0.818. The van der Waals surface area contributed by atoms with E-state index >= 15 is 0 Å². The Labute approximate surface area is 100 Å². The minimum Gasteiger partial charge on any atom is -0.378 e. The molecule has 1 aromatic heterocycles. The lowest BCUT2D eigenvalue weighted by Gasteiger charge is -2.06. The topological polar surface area (TPSA) is 51.2 Å². The average molecular weight is 242 g/mol. The second-order valence-corrected chi connectivity index (χ2v) is 4.98. The minimum atomic E-state index is 0.0305. The summed E-state index contributed by atoms with van der Waals surface area (Å²) < 4.78 is 4.97. The Balaban J connectivity index is 2.37. The van der Waals surface area contributed by atoms with Crippen LogP contribution in [0.2, 0.25) is 0 Å². The average Bonchev–Trinajstić information content (AvgIpc) is 2.63. The molecule has 1 heterocycles. The van der Waals surface area contributed by atoms with Gasteiger partial charge in [0.05, 0.1) is 18.7 Å². The molecule has 90 valence electrons. The third-order valence-corrected chi connectivity index (χ3v) is 2.79. The van der Waals surface area contributed by atoms with Gasteiger partial charge in [0, 0.05) is 19.0 Å². The van der Waals surface area contributed by atoms with Crippen LogP contribution in [-0.4, -0.2) is 24.5 Å². The Bertz CT molecular complexity index is 336. The maximum absolute atomic E-state index is 11.5. The highest BCUT2D eigenvalue weighted by Crippen LogP contribution is 2.10. The standard InChI is InChI=1S/C11H18N2O2S/c1-8(2)5-12-10(14)4-9-7-16-11(13-9)6-15-3/h7-8H,4-6H2,1-3H3,(H,12,14). The van der Waals surface area contributed by atoms with E-state index in [-0.39, 0.29) is 5.91 Å². The molecular formula is C11H18N2O2S. The second kappa shape index (κ2) is 6.60. The van der Waals surface area contributed by atoms with E-state index in [0.717, 1.165) is 10.7 Å². The zero-order valence-electron chi connectivity index (χ0n) is 9.95. The lowest BCUT2D eigenvalue weighted by atomic mass is 10.2. The van der Waals surface area contributed by atoms with Crippen molar-refractivity contribution in [3.63, 3.8) is 0 Å². The number of ether oxygens (including phenoxy) is 1. The number of nitrogens with zero attached hydrogens (tertiary/aromatic N) is 1. The Kier molecular flexibility index (Phi) is 5.42. The van der Waals surface area contributed by atoms with E-state index in [9.17, 15) is 4.79 Å². The molecular weight excluding hydrogens is 224 g/mol. The fourth-order valence-corrected chi connectivity index (χ4v) is 1.93. The lowest BCUT2D eigenvalue weighted by Crippen LogP contribution is -2.28. The van der Waals surface area contributed by atoms with Crippen molar-refractivity contribution in [3.8, 4) is 0 Å². The SMILES string of the molecule is COCc1nc(CC(=O)NCC(C)C)cs1. The summed E-state index contributed by atoms with van der Waals surface area (Å²) in [6, 6.07) is 0. The van der Waals surface area contributed by atoms with Gasteiger partial charge < -0.3 is 10.1 Å². The number of rotatable bonds is 6. The van der Waals surface area contributed by atoms with Crippen LogP contribution in [0.5, 0.6) is 0 Å². The van der Waals surface area contributed by atoms with Gasteiger partial charge in [0.25, 0.3) is 0 Å². The molecule has 0 saturated heterocycles. The van der Waals surface area contributed by atoms with Gasteiger partial charge in [0.2, 0.25) is 5.91 Å². The summed E-state index contributed by atoms with van der Waals surface area (Å²) in [6.45, 7) is 5.37. The van der Waals surface area contributed by atoms with Crippen LogP contribution in [0.15, 0.2) is 5.38 Å². The third kappa shape index (κ3) is 4.72. The number of aromatic nitrogens is 1. The molecule has 0 radical (unpaired) electrons. The summed E-state index contributed by atoms with van der Waals surface area (Å²) in [7, 11) is 1.64. The number of hydrogen-bond donors (Lipinski definition) is 1. The summed E-state index contributed by atoms with van der Waals surface area (Å²) in [5.74, 6) is 0.506. The smallest absolute Gasteiger partial charge is 0.226 e. The van der Waals surface area contributed by atoms with E-state index in [1.165, 1.54) is 11.3 Å². The molecule has 0 unspecified atom stereocenters. The predicted octanol–water partition coefficient (Wildman–Crippen LogP) is 1.60. The number of amides is 1. The second-order valence-electron chi connectivity index (χ2n) is 4.04. The molecule has 5 heteroatoms. The fourth-order valence-electron chi connectivity index (χ4n) is 1.16. The molecule has 0 bridgehead atoms. The van der Waals surface area contributed by atoms with Gasteiger partial charge in [-0.3, -0.25) is 4.79 Å². The Hall–Kier alpha value is -0.940. The first-order chi connectivity index (χ1) is 7.61. The maximum Gasteiger partial charge on any atom is 0.226 e. The minimum absolute atomic E-state index is 0.0305. The maximum atomic E-state index is 11.5. The molecule has 0 aromatic carbocycles. The molecule has 16 heavy (non-hydrogen) atoms. The van der Waals surface area contributed by atoms with Crippen molar-refractivity contribution in [3.05, 3.63) is 16.1 Å².